The lowest BCUT2D eigenvalue weighted by Crippen LogP contribution is -2.50. The van der Waals surface area contributed by atoms with E-state index in [1.54, 1.807) is 13.0 Å². The van der Waals surface area contributed by atoms with Gasteiger partial charge in [-0.3, -0.25) is 4.90 Å². The van der Waals surface area contributed by atoms with Crippen LogP contribution in [0.3, 0.4) is 0 Å². The Morgan fingerprint density at radius 3 is 3.00 bits per heavy atom. The second-order valence-electron chi connectivity index (χ2n) is 5.35. The summed E-state index contributed by atoms with van der Waals surface area (Å²) in [7, 11) is 2.05. The number of aryl methyl sites for hydroxylation is 1. The summed E-state index contributed by atoms with van der Waals surface area (Å²) in [4.78, 5) is 14.3. The molecule has 5 nitrogen and oxygen atoms in total. The molecular formula is C13H19ClN2O3. The summed E-state index contributed by atoms with van der Waals surface area (Å²) in [6.07, 6.45) is 5.29. The molecule has 0 spiro atoms. The Bertz CT molecular complexity index is 472. The maximum Gasteiger partial charge on any atom is 0.362 e. The SMILES string of the molecule is Cc1cc(C(=O)OC23CCCC(CC2)N3C)no1.Cl. The largest absolute Gasteiger partial charge is 0.439 e. The molecule has 0 amide bonds. The van der Waals surface area contributed by atoms with E-state index in [-0.39, 0.29) is 24.1 Å². The standard InChI is InChI=1S/C13H18N2O3.ClH/c1-9-8-11(14-18-9)12(16)17-13-6-3-4-10(5-7-13)15(13)2;/h8,10H,3-7H2,1-2H3;1H. The van der Waals surface area contributed by atoms with Gasteiger partial charge in [0.05, 0.1) is 0 Å². The predicted octanol–water partition coefficient (Wildman–Crippen LogP) is 2.54. The van der Waals surface area contributed by atoms with Crippen LogP contribution in [0.15, 0.2) is 10.6 Å². The Kier molecular flexibility index (Phi) is 3.87. The molecule has 0 saturated carbocycles. The fourth-order valence-corrected chi connectivity index (χ4v) is 3.21. The molecule has 6 heteroatoms. The highest BCUT2D eigenvalue weighted by Crippen LogP contribution is 2.43. The topological polar surface area (TPSA) is 55.6 Å². The van der Waals surface area contributed by atoms with E-state index < -0.39 is 5.72 Å². The van der Waals surface area contributed by atoms with Gasteiger partial charge < -0.3 is 9.26 Å². The van der Waals surface area contributed by atoms with Crippen LogP contribution in [0.5, 0.6) is 0 Å². The average Bonchev–Trinajstić information content (AvgIpc) is 2.81. The molecule has 0 aromatic carbocycles. The molecule has 106 valence electrons. The molecule has 0 radical (unpaired) electrons. The molecule has 1 aromatic heterocycles. The third-order valence-corrected chi connectivity index (χ3v) is 4.28. The van der Waals surface area contributed by atoms with E-state index in [4.69, 9.17) is 9.26 Å². The van der Waals surface area contributed by atoms with Gasteiger partial charge in [-0.25, -0.2) is 4.79 Å². The number of nitrogens with zero attached hydrogens (tertiary/aromatic N) is 2. The Morgan fingerprint density at radius 2 is 2.32 bits per heavy atom. The highest BCUT2D eigenvalue weighted by Gasteiger charge is 2.49. The van der Waals surface area contributed by atoms with Crippen molar-refractivity contribution in [1.29, 1.82) is 0 Å². The zero-order valence-corrected chi connectivity index (χ0v) is 12.0. The fourth-order valence-electron chi connectivity index (χ4n) is 3.21. The van der Waals surface area contributed by atoms with Crippen molar-refractivity contribution in [2.45, 2.75) is 50.8 Å². The monoisotopic (exact) mass is 286 g/mol. The third kappa shape index (κ3) is 2.37. The lowest BCUT2D eigenvalue weighted by atomic mass is 10.0. The van der Waals surface area contributed by atoms with Crippen molar-refractivity contribution < 1.29 is 14.1 Å². The van der Waals surface area contributed by atoms with Gasteiger partial charge in [-0.1, -0.05) is 5.16 Å². The minimum absolute atomic E-state index is 0. The van der Waals surface area contributed by atoms with E-state index in [2.05, 4.69) is 17.1 Å². The first kappa shape index (κ1) is 14.3. The Morgan fingerprint density at radius 1 is 1.53 bits per heavy atom. The number of fused-ring (bicyclic) bond motifs is 2. The molecule has 3 heterocycles. The van der Waals surface area contributed by atoms with Crippen molar-refractivity contribution in [3.8, 4) is 0 Å². The van der Waals surface area contributed by atoms with E-state index in [0.717, 1.165) is 25.7 Å². The van der Waals surface area contributed by atoms with E-state index in [9.17, 15) is 4.79 Å². The smallest absolute Gasteiger partial charge is 0.362 e. The van der Waals surface area contributed by atoms with Gasteiger partial charge >= 0.3 is 5.97 Å². The summed E-state index contributed by atoms with van der Waals surface area (Å²) in [5.41, 5.74) is -0.142. The number of ether oxygens (including phenoxy) is 1. The number of halogens is 1. The Hall–Kier alpha value is -1.07. The summed E-state index contributed by atoms with van der Waals surface area (Å²) < 4.78 is 10.7. The molecule has 19 heavy (non-hydrogen) atoms. The summed E-state index contributed by atoms with van der Waals surface area (Å²) in [5, 5.41) is 3.72. The van der Waals surface area contributed by atoms with Crippen LogP contribution in [0.2, 0.25) is 0 Å². The number of piperidine rings is 1. The number of rotatable bonds is 2. The summed E-state index contributed by atoms with van der Waals surface area (Å²) in [6, 6.07) is 2.18. The first-order valence-electron chi connectivity index (χ1n) is 6.50. The zero-order valence-electron chi connectivity index (χ0n) is 11.2. The molecule has 0 N–H and O–H groups in total. The minimum atomic E-state index is -0.410. The maximum absolute atomic E-state index is 12.1. The summed E-state index contributed by atoms with van der Waals surface area (Å²) in [6.45, 7) is 1.76. The van der Waals surface area contributed by atoms with Crippen LogP contribution < -0.4 is 0 Å². The zero-order chi connectivity index (χ0) is 12.8. The number of esters is 1. The molecule has 2 atom stereocenters. The van der Waals surface area contributed by atoms with Gasteiger partial charge in [-0.2, -0.15) is 0 Å². The van der Waals surface area contributed by atoms with Gasteiger partial charge in [0.15, 0.2) is 11.4 Å². The number of hydrogen-bond acceptors (Lipinski definition) is 5. The van der Waals surface area contributed by atoms with Crippen LogP contribution in [0.4, 0.5) is 0 Å². The number of aromatic nitrogens is 1. The molecule has 2 unspecified atom stereocenters. The van der Waals surface area contributed by atoms with Gasteiger partial charge in [-0.15, -0.1) is 12.4 Å². The molecule has 2 aliphatic rings. The average molecular weight is 287 g/mol. The highest BCUT2D eigenvalue weighted by atomic mass is 35.5. The van der Waals surface area contributed by atoms with Crippen LogP contribution in [0.25, 0.3) is 0 Å². The van der Waals surface area contributed by atoms with Crippen LogP contribution in [-0.2, 0) is 4.74 Å². The third-order valence-electron chi connectivity index (χ3n) is 4.28. The quantitative estimate of drug-likeness (QED) is 0.782. The van der Waals surface area contributed by atoms with Crippen LogP contribution in [0, 0.1) is 6.92 Å². The number of carbonyl (C=O) groups excluding carboxylic acids is 1. The number of hydrogen-bond donors (Lipinski definition) is 0. The Labute approximate surface area is 118 Å². The van der Waals surface area contributed by atoms with E-state index in [1.165, 1.54) is 6.42 Å². The normalized spacial score (nSPS) is 29.9. The summed E-state index contributed by atoms with van der Waals surface area (Å²) in [5.74, 6) is 0.252. The molecule has 2 saturated heterocycles. The van der Waals surface area contributed by atoms with Crippen molar-refractivity contribution >= 4 is 18.4 Å². The van der Waals surface area contributed by atoms with Gasteiger partial charge in [0.1, 0.15) is 5.76 Å². The lowest BCUT2D eigenvalue weighted by molar-refractivity contribution is -0.116. The van der Waals surface area contributed by atoms with Crippen molar-refractivity contribution in [1.82, 2.24) is 10.1 Å². The van der Waals surface area contributed by atoms with Gasteiger partial charge in [0, 0.05) is 24.9 Å². The van der Waals surface area contributed by atoms with Gasteiger partial charge in [-0.05, 0) is 33.2 Å². The van der Waals surface area contributed by atoms with Crippen molar-refractivity contribution in [2.24, 2.45) is 0 Å². The van der Waals surface area contributed by atoms with E-state index >= 15 is 0 Å². The molecule has 2 fully saturated rings. The molecule has 2 aliphatic heterocycles. The van der Waals surface area contributed by atoms with Crippen LogP contribution in [-0.4, -0.2) is 34.8 Å². The Balaban J connectivity index is 0.00000133. The molecular weight excluding hydrogens is 268 g/mol. The summed E-state index contributed by atoms with van der Waals surface area (Å²) >= 11 is 0. The predicted molar refractivity (Wildman–Crippen MR) is 71.3 cm³/mol. The number of carbonyl (C=O) groups is 1. The first-order valence-corrected chi connectivity index (χ1v) is 6.50. The second kappa shape index (κ2) is 5.13. The van der Waals surface area contributed by atoms with Crippen molar-refractivity contribution in [3.63, 3.8) is 0 Å². The highest BCUT2D eigenvalue weighted by molar-refractivity contribution is 5.87. The van der Waals surface area contributed by atoms with E-state index in [0.29, 0.717) is 11.8 Å². The van der Waals surface area contributed by atoms with Gasteiger partial charge in [0.25, 0.3) is 0 Å². The molecule has 0 aliphatic carbocycles. The van der Waals surface area contributed by atoms with E-state index in [1.807, 2.05) is 0 Å². The fraction of sp³-hybridized carbons (Fsp3) is 0.692. The minimum Gasteiger partial charge on any atom is -0.439 e. The van der Waals surface area contributed by atoms with Gasteiger partial charge in [0.2, 0.25) is 0 Å². The molecule has 3 rings (SSSR count). The van der Waals surface area contributed by atoms with Crippen LogP contribution >= 0.6 is 12.4 Å². The van der Waals surface area contributed by atoms with Crippen molar-refractivity contribution in [3.05, 3.63) is 17.5 Å². The van der Waals surface area contributed by atoms with Crippen LogP contribution in [0.1, 0.15) is 48.4 Å². The molecule has 1 aromatic rings. The maximum atomic E-state index is 12.1. The lowest BCUT2D eigenvalue weighted by Gasteiger charge is -2.41. The first-order chi connectivity index (χ1) is 8.61. The van der Waals surface area contributed by atoms with Crippen molar-refractivity contribution in [2.75, 3.05) is 7.05 Å². The second-order valence-corrected chi connectivity index (χ2v) is 5.35. The molecule has 2 bridgehead atoms.